The first-order valence-electron chi connectivity index (χ1n) is 17.1. The Bertz CT molecular complexity index is 2020. The fraction of sp³-hybridized carbons (Fsp3) is 0.405. The van der Waals surface area contributed by atoms with E-state index in [0.717, 1.165) is 32.1 Å². The summed E-state index contributed by atoms with van der Waals surface area (Å²) in [5, 5.41) is 3.11. The summed E-state index contributed by atoms with van der Waals surface area (Å²) in [4.78, 5) is 65.0. The second-order valence-corrected chi connectivity index (χ2v) is 13.2. The van der Waals surface area contributed by atoms with Crippen molar-refractivity contribution >= 4 is 35.1 Å². The van der Waals surface area contributed by atoms with Gasteiger partial charge in [0, 0.05) is 68.5 Å². The third-order valence-electron chi connectivity index (χ3n) is 9.89. The van der Waals surface area contributed by atoms with Crippen LogP contribution >= 0.6 is 0 Å². The van der Waals surface area contributed by atoms with Gasteiger partial charge in [-0.1, -0.05) is 0 Å². The second-order valence-electron chi connectivity index (χ2n) is 13.2. The lowest BCUT2D eigenvalue weighted by Crippen LogP contribution is -2.50. The highest BCUT2D eigenvalue weighted by atomic mass is 16.5. The largest absolute Gasteiger partial charge is 0.461 e. The maximum Gasteiger partial charge on any atom is 0.302 e. The van der Waals surface area contributed by atoms with E-state index in [0.29, 0.717) is 59.3 Å². The SMILES string of the molecule is CC(=O)OCc1c(-c2cc(Nc3ccc(C(=O)N4[C@H](C)CCO[C@@H]4C)cn3)c(=O)n(C)c2)ccnc1N1CCn2c(cc3c2CCCC3)C1=O. The van der Waals surface area contributed by atoms with Gasteiger partial charge in [0.15, 0.2) is 0 Å². The topological polar surface area (TPSA) is 141 Å². The number of carbonyl (C=O) groups is 3. The maximum atomic E-state index is 14.0. The molecule has 0 radical (unpaired) electrons. The van der Waals surface area contributed by atoms with Crippen LogP contribution in [0.3, 0.4) is 0 Å². The van der Waals surface area contributed by atoms with Crippen LogP contribution in [-0.2, 0) is 47.3 Å². The number of esters is 1. The minimum atomic E-state index is -0.468. The molecule has 0 saturated carbocycles. The van der Waals surface area contributed by atoms with Crippen molar-refractivity contribution in [2.24, 2.45) is 7.05 Å². The quantitative estimate of drug-likeness (QED) is 0.278. The molecule has 13 nitrogen and oxygen atoms in total. The van der Waals surface area contributed by atoms with Crippen molar-refractivity contribution in [1.82, 2.24) is 24.0 Å². The number of hydrogen-bond acceptors (Lipinski definition) is 9. The Hall–Kier alpha value is -5.30. The number of aryl methyl sites for hydroxylation is 2. The minimum Gasteiger partial charge on any atom is -0.461 e. The van der Waals surface area contributed by atoms with Crippen LogP contribution in [0.15, 0.2) is 53.7 Å². The highest BCUT2D eigenvalue weighted by molar-refractivity contribution is 6.06. The lowest BCUT2D eigenvalue weighted by molar-refractivity contribution is -0.142. The molecule has 3 aliphatic rings. The number of hydrogen-bond donors (Lipinski definition) is 1. The molecule has 4 aromatic rings. The molecule has 260 valence electrons. The van der Waals surface area contributed by atoms with Gasteiger partial charge in [0.25, 0.3) is 17.4 Å². The monoisotopic (exact) mass is 679 g/mol. The average molecular weight is 680 g/mol. The van der Waals surface area contributed by atoms with E-state index >= 15 is 0 Å². The van der Waals surface area contributed by atoms with Gasteiger partial charge >= 0.3 is 5.97 Å². The molecule has 2 aliphatic heterocycles. The molecule has 13 heteroatoms. The number of amides is 2. The summed E-state index contributed by atoms with van der Waals surface area (Å²) in [6.45, 7) is 6.75. The Labute approximate surface area is 289 Å². The standard InChI is InChI=1S/C37H41N7O6/c1-22-12-16-49-23(2)44(22)35(46)26-9-10-33(39-19-26)40-30-17-27(20-41(4)36(30)47)28-11-13-38-34(29(28)21-50-24(3)45)43-15-14-42-31-8-6-5-7-25(31)18-32(42)37(43)48/h9-11,13,17-20,22-23H,5-8,12,14-16,21H2,1-4H3,(H,39,40)/t22-,23-/m1/s1. The molecule has 0 bridgehead atoms. The Balaban J connectivity index is 1.20. The zero-order valence-corrected chi connectivity index (χ0v) is 28.8. The number of aromatic nitrogens is 4. The maximum absolute atomic E-state index is 14.0. The lowest BCUT2D eigenvalue weighted by Gasteiger charge is -2.38. The smallest absolute Gasteiger partial charge is 0.302 e. The van der Waals surface area contributed by atoms with Crippen molar-refractivity contribution in [1.29, 1.82) is 0 Å². The number of nitrogens with zero attached hydrogens (tertiary/aromatic N) is 6. The Morgan fingerprint density at radius 3 is 2.64 bits per heavy atom. The molecule has 1 fully saturated rings. The predicted octanol–water partition coefficient (Wildman–Crippen LogP) is 4.59. The molecule has 7 rings (SSSR count). The first-order valence-corrected chi connectivity index (χ1v) is 17.1. The van der Waals surface area contributed by atoms with Crippen molar-refractivity contribution in [2.45, 2.75) is 78.3 Å². The normalized spacial score (nSPS) is 18.8. The number of nitrogens with one attached hydrogen (secondary N) is 1. The fourth-order valence-electron chi connectivity index (χ4n) is 7.32. The Morgan fingerprint density at radius 1 is 1.06 bits per heavy atom. The number of ether oxygens (including phenoxy) is 2. The third kappa shape index (κ3) is 6.17. The lowest BCUT2D eigenvalue weighted by atomic mass is 9.98. The van der Waals surface area contributed by atoms with Gasteiger partial charge in [-0.2, -0.15) is 0 Å². The fourth-order valence-corrected chi connectivity index (χ4v) is 7.32. The highest BCUT2D eigenvalue weighted by Gasteiger charge is 2.33. The number of pyridine rings is 3. The van der Waals surface area contributed by atoms with E-state index < -0.39 is 5.97 Å². The van der Waals surface area contributed by atoms with Gasteiger partial charge in [-0.25, -0.2) is 9.97 Å². The van der Waals surface area contributed by atoms with Crippen molar-refractivity contribution < 1.29 is 23.9 Å². The van der Waals surface area contributed by atoms with Gasteiger partial charge in [-0.15, -0.1) is 0 Å². The number of carbonyl (C=O) groups excluding carboxylic acids is 3. The van der Waals surface area contributed by atoms with Crippen LogP contribution in [0, 0.1) is 0 Å². The summed E-state index contributed by atoms with van der Waals surface area (Å²) in [6.07, 6.45) is 9.42. The van der Waals surface area contributed by atoms with E-state index in [9.17, 15) is 19.2 Å². The van der Waals surface area contributed by atoms with Crippen LogP contribution in [0.25, 0.3) is 11.1 Å². The second kappa shape index (κ2) is 13.5. The zero-order chi connectivity index (χ0) is 35.1. The molecule has 0 aromatic carbocycles. The molecular weight excluding hydrogens is 638 g/mol. The summed E-state index contributed by atoms with van der Waals surface area (Å²) in [7, 11) is 1.65. The van der Waals surface area contributed by atoms with E-state index in [1.54, 1.807) is 53.5 Å². The van der Waals surface area contributed by atoms with Gasteiger partial charge in [-0.3, -0.25) is 24.1 Å². The van der Waals surface area contributed by atoms with E-state index in [-0.39, 0.29) is 41.9 Å². The van der Waals surface area contributed by atoms with Gasteiger partial charge in [-0.05, 0) is 87.4 Å². The molecular formula is C37H41N7O6. The molecule has 0 spiro atoms. The Morgan fingerprint density at radius 2 is 1.88 bits per heavy atom. The Kier molecular flexibility index (Phi) is 9.00. The number of anilines is 3. The van der Waals surface area contributed by atoms with Crippen molar-refractivity contribution in [3.05, 3.63) is 87.4 Å². The molecule has 1 N–H and O–H groups in total. The predicted molar refractivity (Wildman–Crippen MR) is 186 cm³/mol. The van der Waals surface area contributed by atoms with Crippen LogP contribution in [0.4, 0.5) is 17.3 Å². The van der Waals surface area contributed by atoms with E-state index in [2.05, 4.69) is 19.9 Å². The number of fused-ring (bicyclic) bond motifs is 3. The summed E-state index contributed by atoms with van der Waals surface area (Å²) in [5.74, 6) is 0.00587. The summed E-state index contributed by atoms with van der Waals surface area (Å²) in [5.41, 5.74) is 5.36. The molecule has 1 aliphatic carbocycles. The molecule has 4 aromatic heterocycles. The van der Waals surface area contributed by atoms with Gasteiger partial charge in [0.05, 0.1) is 12.2 Å². The van der Waals surface area contributed by atoms with Gasteiger partial charge in [0.1, 0.15) is 35.9 Å². The minimum absolute atomic E-state index is 0.0408. The first kappa shape index (κ1) is 33.2. The molecule has 0 unspecified atom stereocenters. The molecule has 50 heavy (non-hydrogen) atoms. The van der Waals surface area contributed by atoms with Crippen LogP contribution in [0.1, 0.15) is 77.7 Å². The van der Waals surface area contributed by atoms with Gasteiger partial charge in [0.2, 0.25) is 0 Å². The van der Waals surface area contributed by atoms with Crippen LogP contribution in [-0.4, -0.2) is 67.2 Å². The summed E-state index contributed by atoms with van der Waals surface area (Å²) in [6, 6.07) is 8.88. The zero-order valence-electron chi connectivity index (χ0n) is 28.8. The molecule has 1 saturated heterocycles. The highest BCUT2D eigenvalue weighted by Crippen LogP contribution is 2.35. The van der Waals surface area contributed by atoms with Crippen LogP contribution in [0.2, 0.25) is 0 Å². The molecule has 6 heterocycles. The van der Waals surface area contributed by atoms with Crippen molar-refractivity contribution in [3.8, 4) is 11.1 Å². The average Bonchev–Trinajstić information content (AvgIpc) is 3.49. The molecule has 2 amide bonds. The molecule has 2 atom stereocenters. The third-order valence-corrected chi connectivity index (χ3v) is 9.89. The van der Waals surface area contributed by atoms with Crippen LogP contribution < -0.4 is 15.8 Å². The summed E-state index contributed by atoms with van der Waals surface area (Å²) >= 11 is 0. The first-order chi connectivity index (χ1) is 24.1. The summed E-state index contributed by atoms with van der Waals surface area (Å²) < 4.78 is 14.8. The van der Waals surface area contributed by atoms with Crippen LogP contribution in [0.5, 0.6) is 0 Å². The van der Waals surface area contributed by atoms with E-state index in [1.165, 1.54) is 28.9 Å². The van der Waals surface area contributed by atoms with Gasteiger partial charge < -0.3 is 28.8 Å². The van der Waals surface area contributed by atoms with E-state index in [4.69, 9.17) is 9.47 Å². The number of rotatable bonds is 7. The van der Waals surface area contributed by atoms with Crippen molar-refractivity contribution in [2.75, 3.05) is 23.4 Å². The van der Waals surface area contributed by atoms with E-state index in [1.807, 2.05) is 19.9 Å². The van der Waals surface area contributed by atoms with Crippen molar-refractivity contribution in [3.63, 3.8) is 0 Å².